The Morgan fingerprint density at radius 2 is 1.17 bits per heavy atom. The largest absolute Gasteiger partial charge is 0.464 e. The molecule has 0 saturated heterocycles. The number of hydrogen-bond acceptors (Lipinski definition) is 4. The summed E-state index contributed by atoms with van der Waals surface area (Å²) in [5.74, 6) is -0.385. The van der Waals surface area contributed by atoms with Crippen molar-refractivity contribution in [2.75, 3.05) is 13.2 Å². The molecule has 0 aliphatic heterocycles. The molecular formula is C24H47NO4. The van der Waals surface area contributed by atoms with Gasteiger partial charge in [-0.15, -0.1) is 0 Å². The molecule has 0 aromatic rings. The summed E-state index contributed by atoms with van der Waals surface area (Å²) in [7, 11) is 0. The Balaban J connectivity index is 3.72. The SMILES string of the molecule is CCCCCCCCCCCCCCCOC(=O)C(NC(=O)OCC)C(C)(C)C. The van der Waals surface area contributed by atoms with E-state index in [1.807, 2.05) is 20.8 Å². The number of hydrogen-bond donors (Lipinski definition) is 1. The van der Waals surface area contributed by atoms with Crippen molar-refractivity contribution >= 4 is 12.1 Å². The van der Waals surface area contributed by atoms with E-state index in [1.165, 1.54) is 70.6 Å². The summed E-state index contributed by atoms with van der Waals surface area (Å²) >= 11 is 0. The minimum atomic E-state index is -0.705. The van der Waals surface area contributed by atoms with Gasteiger partial charge in [-0.2, -0.15) is 0 Å². The van der Waals surface area contributed by atoms with Gasteiger partial charge in [-0.3, -0.25) is 0 Å². The lowest BCUT2D eigenvalue weighted by atomic mass is 9.87. The van der Waals surface area contributed by atoms with Gasteiger partial charge in [-0.25, -0.2) is 9.59 Å². The van der Waals surface area contributed by atoms with E-state index in [1.54, 1.807) is 6.92 Å². The molecule has 0 spiro atoms. The second kappa shape index (κ2) is 17.6. The maximum atomic E-state index is 12.4. The van der Waals surface area contributed by atoms with Gasteiger partial charge in [0.05, 0.1) is 13.2 Å². The molecule has 0 aromatic heterocycles. The van der Waals surface area contributed by atoms with Crippen LogP contribution in [0.4, 0.5) is 4.79 Å². The number of ether oxygens (including phenoxy) is 2. The molecule has 0 saturated carbocycles. The van der Waals surface area contributed by atoms with Crippen LogP contribution in [0.3, 0.4) is 0 Å². The molecule has 0 aliphatic carbocycles. The van der Waals surface area contributed by atoms with E-state index in [9.17, 15) is 9.59 Å². The van der Waals surface area contributed by atoms with Gasteiger partial charge in [0.1, 0.15) is 6.04 Å². The fourth-order valence-electron chi connectivity index (χ4n) is 3.30. The molecule has 5 nitrogen and oxygen atoms in total. The lowest BCUT2D eigenvalue weighted by Crippen LogP contribution is -2.50. The summed E-state index contributed by atoms with van der Waals surface area (Å²) in [5.41, 5.74) is -0.431. The van der Waals surface area contributed by atoms with Crippen LogP contribution in [0.2, 0.25) is 0 Å². The standard InChI is InChI=1S/C24H47NO4/c1-6-8-9-10-11-12-13-14-15-16-17-18-19-20-29-22(26)21(24(3,4)5)25-23(27)28-7-2/h21H,6-20H2,1-5H3,(H,25,27). The lowest BCUT2D eigenvalue weighted by molar-refractivity contribution is -0.149. The maximum absolute atomic E-state index is 12.4. The molecule has 29 heavy (non-hydrogen) atoms. The van der Waals surface area contributed by atoms with Gasteiger partial charge < -0.3 is 14.8 Å². The van der Waals surface area contributed by atoms with Gasteiger partial charge in [-0.05, 0) is 18.8 Å². The van der Waals surface area contributed by atoms with Crippen LogP contribution >= 0.6 is 0 Å². The van der Waals surface area contributed by atoms with E-state index < -0.39 is 17.6 Å². The lowest BCUT2D eigenvalue weighted by Gasteiger charge is -2.29. The molecule has 172 valence electrons. The molecule has 0 fully saturated rings. The Morgan fingerprint density at radius 1 is 0.724 bits per heavy atom. The number of carbonyl (C=O) groups excluding carboxylic acids is 2. The quantitative estimate of drug-likeness (QED) is 0.211. The van der Waals surface area contributed by atoms with Crippen LogP contribution in [0.5, 0.6) is 0 Å². The molecule has 0 radical (unpaired) electrons. The predicted octanol–water partition coefficient (Wildman–Crippen LogP) is 6.78. The Kier molecular flexibility index (Phi) is 16.8. The van der Waals surface area contributed by atoms with Crippen molar-refractivity contribution in [2.45, 2.75) is 124 Å². The van der Waals surface area contributed by atoms with Gasteiger partial charge in [-0.1, -0.05) is 105 Å². The summed E-state index contributed by atoms with van der Waals surface area (Å²) in [6, 6.07) is -0.705. The average Bonchev–Trinajstić information content (AvgIpc) is 2.65. The molecule has 0 rings (SSSR count). The van der Waals surface area contributed by atoms with E-state index >= 15 is 0 Å². The van der Waals surface area contributed by atoms with Crippen molar-refractivity contribution in [1.29, 1.82) is 0 Å². The summed E-state index contributed by atoms with van der Waals surface area (Å²) < 4.78 is 10.3. The Hall–Kier alpha value is -1.26. The molecule has 5 heteroatoms. The number of amides is 1. The second-order valence-corrected chi connectivity index (χ2v) is 9.07. The van der Waals surface area contributed by atoms with E-state index in [-0.39, 0.29) is 12.6 Å². The fraction of sp³-hybridized carbons (Fsp3) is 0.917. The first kappa shape index (κ1) is 27.7. The molecule has 0 heterocycles. The first-order valence-electron chi connectivity index (χ1n) is 11.9. The maximum Gasteiger partial charge on any atom is 0.407 e. The molecule has 1 unspecified atom stereocenters. The zero-order chi connectivity index (χ0) is 22.0. The highest BCUT2D eigenvalue weighted by molar-refractivity contribution is 5.82. The molecule has 0 bridgehead atoms. The third-order valence-electron chi connectivity index (χ3n) is 5.13. The molecule has 0 aliphatic rings. The van der Waals surface area contributed by atoms with Crippen molar-refractivity contribution in [2.24, 2.45) is 5.41 Å². The number of carbonyl (C=O) groups is 2. The van der Waals surface area contributed by atoms with Gasteiger partial charge in [0.25, 0.3) is 0 Å². The topological polar surface area (TPSA) is 64.6 Å². The van der Waals surface area contributed by atoms with Crippen LogP contribution in [0.15, 0.2) is 0 Å². The highest BCUT2D eigenvalue weighted by Gasteiger charge is 2.34. The third kappa shape index (κ3) is 16.2. The number of unbranched alkanes of at least 4 members (excludes halogenated alkanes) is 12. The Morgan fingerprint density at radius 3 is 1.59 bits per heavy atom. The van der Waals surface area contributed by atoms with Crippen molar-refractivity contribution in [3.63, 3.8) is 0 Å². The van der Waals surface area contributed by atoms with Gasteiger partial charge in [0, 0.05) is 0 Å². The van der Waals surface area contributed by atoms with Crippen LogP contribution in [0.25, 0.3) is 0 Å². The van der Waals surface area contributed by atoms with E-state index in [2.05, 4.69) is 12.2 Å². The number of rotatable bonds is 17. The van der Waals surface area contributed by atoms with Crippen LogP contribution < -0.4 is 5.32 Å². The molecule has 1 amide bonds. The smallest absolute Gasteiger partial charge is 0.407 e. The molecule has 0 aromatic carbocycles. The summed E-state index contributed by atoms with van der Waals surface area (Å²) in [5, 5.41) is 2.62. The van der Waals surface area contributed by atoms with Gasteiger partial charge in [0.2, 0.25) is 0 Å². The van der Waals surface area contributed by atoms with E-state index in [0.717, 1.165) is 12.8 Å². The highest BCUT2D eigenvalue weighted by atomic mass is 16.6. The zero-order valence-corrected chi connectivity index (χ0v) is 19.8. The van der Waals surface area contributed by atoms with Crippen LogP contribution in [0.1, 0.15) is 118 Å². The van der Waals surface area contributed by atoms with Crippen molar-refractivity contribution < 1.29 is 19.1 Å². The Labute approximate surface area is 179 Å². The van der Waals surface area contributed by atoms with Crippen molar-refractivity contribution in [3.05, 3.63) is 0 Å². The molecular weight excluding hydrogens is 366 g/mol. The van der Waals surface area contributed by atoms with E-state index in [0.29, 0.717) is 6.61 Å². The number of alkyl carbamates (subject to hydrolysis) is 1. The summed E-state index contributed by atoms with van der Waals surface area (Å²) in [6.07, 6.45) is 16.1. The normalized spacial score (nSPS) is 12.4. The molecule has 1 atom stereocenters. The average molecular weight is 414 g/mol. The predicted molar refractivity (Wildman–Crippen MR) is 120 cm³/mol. The minimum Gasteiger partial charge on any atom is -0.464 e. The summed E-state index contributed by atoms with van der Waals surface area (Å²) in [6.45, 7) is 10.4. The highest BCUT2D eigenvalue weighted by Crippen LogP contribution is 2.21. The summed E-state index contributed by atoms with van der Waals surface area (Å²) in [4.78, 5) is 24.0. The zero-order valence-electron chi connectivity index (χ0n) is 19.8. The van der Waals surface area contributed by atoms with Gasteiger partial charge >= 0.3 is 12.1 Å². The first-order valence-corrected chi connectivity index (χ1v) is 11.9. The monoisotopic (exact) mass is 413 g/mol. The van der Waals surface area contributed by atoms with Crippen molar-refractivity contribution in [3.8, 4) is 0 Å². The molecule has 1 N–H and O–H groups in total. The minimum absolute atomic E-state index is 0.275. The Bertz CT molecular complexity index is 418. The van der Waals surface area contributed by atoms with E-state index in [4.69, 9.17) is 9.47 Å². The first-order chi connectivity index (χ1) is 13.8. The fourth-order valence-corrected chi connectivity index (χ4v) is 3.30. The van der Waals surface area contributed by atoms with Crippen LogP contribution in [-0.4, -0.2) is 31.3 Å². The van der Waals surface area contributed by atoms with Gasteiger partial charge in [0.15, 0.2) is 0 Å². The van der Waals surface area contributed by atoms with Crippen LogP contribution in [0, 0.1) is 5.41 Å². The number of nitrogens with one attached hydrogen (secondary N) is 1. The van der Waals surface area contributed by atoms with Crippen molar-refractivity contribution in [1.82, 2.24) is 5.32 Å². The third-order valence-corrected chi connectivity index (χ3v) is 5.13. The number of esters is 1. The second-order valence-electron chi connectivity index (χ2n) is 9.07. The van der Waals surface area contributed by atoms with Crippen LogP contribution in [-0.2, 0) is 14.3 Å².